The molecule has 2 rings (SSSR count). The zero-order chi connectivity index (χ0) is 13.7. The fourth-order valence-electron chi connectivity index (χ4n) is 2.06. The molecule has 1 atom stereocenters. The fourth-order valence-corrected chi connectivity index (χ4v) is 2.70. The number of amides is 1. The zero-order valence-corrected chi connectivity index (χ0v) is 11.9. The monoisotopic (exact) mass is 284 g/mol. The van der Waals surface area contributed by atoms with Gasteiger partial charge in [-0.3, -0.25) is 9.69 Å². The second-order valence-corrected chi connectivity index (χ2v) is 5.86. The van der Waals surface area contributed by atoms with Crippen molar-refractivity contribution in [3.05, 3.63) is 22.4 Å². The molecule has 0 aliphatic carbocycles. The predicted octanol–water partition coefficient (Wildman–Crippen LogP) is 0.561. The van der Waals surface area contributed by atoms with E-state index in [1.165, 1.54) is 11.3 Å². The standard InChI is InChI=1S/C13H20N2O3S/c1-13(17,10-15-3-5-18-6-4-15)9-14-12(16)11-2-7-19-8-11/h2,7-8,17H,3-6,9-10H2,1H3,(H,14,16). The molecule has 1 unspecified atom stereocenters. The Morgan fingerprint density at radius 1 is 1.58 bits per heavy atom. The predicted molar refractivity (Wildman–Crippen MR) is 74.5 cm³/mol. The first-order valence-corrected chi connectivity index (χ1v) is 7.34. The first kappa shape index (κ1) is 14.5. The smallest absolute Gasteiger partial charge is 0.252 e. The Kier molecular flexibility index (Phi) is 4.93. The molecule has 0 aromatic carbocycles. The van der Waals surface area contributed by atoms with Crippen LogP contribution >= 0.6 is 11.3 Å². The second kappa shape index (κ2) is 6.47. The van der Waals surface area contributed by atoms with Crippen LogP contribution in [0.3, 0.4) is 0 Å². The van der Waals surface area contributed by atoms with Gasteiger partial charge in [-0.15, -0.1) is 0 Å². The number of rotatable bonds is 5. The molecule has 1 aliphatic rings. The molecule has 1 aromatic rings. The summed E-state index contributed by atoms with van der Waals surface area (Å²) >= 11 is 1.48. The van der Waals surface area contributed by atoms with E-state index in [0.29, 0.717) is 25.3 Å². The third-order valence-electron chi connectivity index (χ3n) is 3.08. The molecule has 5 nitrogen and oxygen atoms in total. The number of nitrogens with zero attached hydrogens (tertiary/aromatic N) is 1. The van der Waals surface area contributed by atoms with Crippen molar-refractivity contribution >= 4 is 17.2 Å². The van der Waals surface area contributed by atoms with E-state index in [1.54, 1.807) is 18.4 Å². The van der Waals surface area contributed by atoms with E-state index < -0.39 is 5.60 Å². The third kappa shape index (κ3) is 4.58. The normalized spacial score (nSPS) is 19.9. The van der Waals surface area contributed by atoms with Crippen LogP contribution in [0.5, 0.6) is 0 Å². The largest absolute Gasteiger partial charge is 0.387 e. The maximum Gasteiger partial charge on any atom is 0.252 e. The summed E-state index contributed by atoms with van der Waals surface area (Å²) in [6, 6.07) is 1.77. The minimum Gasteiger partial charge on any atom is -0.387 e. The van der Waals surface area contributed by atoms with Crippen LogP contribution < -0.4 is 5.32 Å². The van der Waals surface area contributed by atoms with Crippen molar-refractivity contribution < 1.29 is 14.6 Å². The van der Waals surface area contributed by atoms with E-state index in [4.69, 9.17) is 4.74 Å². The first-order valence-electron chi connectivity index (χ1n) is 6.40. The summed E-state index contributed by atoms with van der Waals surface area (Å²) in [5.41, 5.74) is -0.282. The van der Waals surface area contributed by atoms with Gasteiger partial charge >= 0.3 is 0 Å². The van der Waals surface area contributed by atoms with Crippen LogP contribution in [-0.2, 0) is 4.74 Å². The molecule has 0 saturated carbocycles. The lowest BCUT2D eigenvalue weighted by atomic mass is 10.1. The van der Waals surface area contributed by atoms with E-state index in [9.17, 15) is 9.90 Å². The molecule has 0 radical (unpaired) electrons. The van der Waals surface area contributed by atoms with Gasteiger partial charge in [-0.1, -0.05) is 0 Å². The van der Waals surface area contributed by atoms with Crippen LogP contribution in [0.1, 0.15) is 17.3 Å². The Morgan fingerprint density at radius 3 is 2.95 bits per heavy atom. The van der Waals surface area contributed by atoms with Gasteiger partial charge in [-0.05, 0) is 18.4 Å². The van der Waals surface area contributed by atoms with Crippen molar-refractivity contribution in [2.75, 3.05) is 39.4 Å². The number of hydrogen-bond acceptors (Lipinski definition) is 5. The van der Waals surface area contributed by atoms with Gasteiger partial charge in [-0.2, -0.15) is 11.3 Å². The summed E-state index contributed by atoms with van der Waals surface area (Å²) in [5, 5.41) is 16.8. The van der Waals surface area contributed by atoms with E-state index in [1.807, 2.05) is 5.38 Å². The van der Waals surface area contributed by atoms with Gasteiger partial charge in [0.05, 0.1) is 18.8 Å². The van der Waals surface area contributed by atoms with Gasteiger partial charge < -0.3 is 15.2 Å². The highest BCUT2D eigenvalue weighted by molar-refractivity contribution is 7.08. The number of ether oxygens (including phenoxy) is 1. The first-order chi connectivity index (χ1) is 9.07. The van der Waals surface area contributed by atoms with Crippen LogP contribution in [-0.4, -0.2) is 60.9 Å². The molecule has 2 heterocycles. The number of aliphatic hydroxyl groups is 1. The Hall–Kier alpha value is -0.950. The van der Waals surface area contributed by atoms with Crippen molar-refractivity contribution in [1.29, 1.82) is 0 Å². The van der Waals surface area contributed by atoms with Crippen LogP contribution in [0, 0.1) is 0 Å². The van der Waals surface area contributed by atoms with Crippen LogP contribution in [0.4, 0.5) is 0 Å². The molecule has 0 bridgehead atoms. The minimum absolute atomic E-state index is 0.136. The van der Waals surface area contributed by atoms with E-state index in [-0.39, 0.29) is 12.5 Å². The maximum absolute atomic E-state index is 11.8. The van der Waals surface area contributed by atoms with Gasteiger partial charge in [0.2, 0.25) is 0 Å². The van der Waals surface area contributed by atoms with E-state index in [2.05, 4.69) is 10.2 Å². The lowest BCUT2D eigenvalue weighted by Gasteiger charge is -2.33. The lowest BCUT2D eigenvalue weighted by Crippen LogP contribution is -2.51. The number of thiophene rings is 1. The molecule has 1 fully saturated rings. The van der Waals surface area contributed by atoms with Crippen LogP contribution in [0.2, 0.25) is 0 Å². The highest BCUT2D eigenvalue weighted by atomic mass is 32.1. The molecule has 1 amide bonds. The lowest BCUT2D eigenvalue weighted by molar-refractivity contribution is -0.0213. The van der Waals surface area contributed by atoms with Crippen molar-refractivity contribution in [1.82, 2.24) is 10.2 Å². The number of hydrogen-bond donors (Lipinski definition) is 2. The Labute approximate surface area is 117 Å². The number of morpholine rings is 1. The highest BCUT2D eigenvalue weighted by Crippen LogP contribution is 2.09. The molecule has 106 valence electrons. The maximum atomic E-state index is 11.8. The summed E-state index contributed by atoms with van der Waals surface area (Å²) < 4.78 is 5.27. The molecule has 1 saturated heterocycles. The van der Waals surface area contributed by atoms with Crippen LogP contribution in [0.15, 0.2) is 16.8 Å². The van der Waals surface area contributed by atoms with Crippen molar-refractivity contribution in [2.24, 2.45) is 0 Å². The molecule has 1 aliphatic heterocycles. The second-order valence-electron chi connectivity index (χ2n) is 5.08. The molecule has 19 heavy (non-hydrogen) atoms. The Morgan fingerprint density at radius 2 is 2.32 bits per heavy atom. The molecular weight excluding hydrogens is 264 g/mol. The summed E-state index contributed by atoms with van der Waals surface area (Å²) in [4.78, 5) is 13.9. The average Bonchev–Trinajstić information content (AvgIpc) is 2.91. The number of carbonyl (C=O) groups is 1. The van der Waals surface area contributed by atoms with Gasteiger partial charge in [0.1, 0.15) is 0 Å². The summed E-state index contributed by atoms with van der Waals surface area (Å²) in [5.74, 6) is -0.136. The minimum atomic E-state index is -0.928. The molecule has 0 spiro atoms. The fraction of sp³-hybridized carbons (Fsp3) is 0.615. The molecule has 2 N–H and O–H groups in total. The summed E-state index contributed by atoms with van der Waals surface area (Å²) in [7, 11) is 0. The van der Waals surface area contributed by atoms with Gasteiger partial charge in [-0.25, -0.2) is 0 Å². The van der Waals surface area contributed by atoms with Gasteiger partial charge in [0, 0.05) is 37.1 Å². The van der Waals surface area contributed by atoms with E-state index >= 15 is 0 Å². The van der Waals surface area contributed by atoms with Crippen LogP contribution in [0.25, 0.3) is 0 Å². The topological polar surface area (TPSA) is 61.8 Å². The number of carbonyl (C=O) groups excluding carboxylic acids is 1. The Balaban J connectivity index is 1.78. The molecule has 6 heteroatoms. The highest BCUT2D eigenvalue weighted by Gasteiger charge is 2.26. The third-order valence-corrected chi connectivity index (χ3v) is 3.76. The average molecular weight is 284 g/mol. The van der Waals surface area contributed by atoms with E-state index in [0.717, 1.165) is 13.1 Å². The molecule has 1 aromatic heterocycles. The molecular formula is C13H20N2O3S. The number of nitrogens with one attached hydrogen (secondary N) is 1. The zero-order valence-electron chi connectivity index (χ0n) is 11.1. The van der Waals surface area contributed by atoms with Gasteiger partial charge in [0.15, 0.2) is 0 Å². The van der Waals surface area contributed by atoms with Crippen molar-refractivity contribution in [3.8, 4) is 0 Å². The quantitative estimate of drug-likeness (QED) is 0.829. The summed E-state index contributed by atoms with van der Waals surface area (Å²) in [6.45, 7) is 5.60. The Bertz CT molecular complexity index is 400. The summed E-state index contributed by atoms with van der Waals surface area (Å²) in [6.07, 6.45) is 0. The SMILES string of the molecule is CC(O)(CNC(=O)c1ccsc1)CN1CCOCC1. The number of β-amino-alcohol motifs (C(OH)–C–C–N with tert-alkyl or cyclic N) is 1. The van der Waals surface area contributed by atoms with Crippen molar-refractivity contribution in [2.45, 2.75) is 12.5 Å². The van der Waals surface area contributed by atoms with Crippen molar-refractivity contribution in [3.63, 3.8) is 0 Å². The van der Waals surface area contributed by atoms with Gasteiger partial charge in [0.25, 0.3) is 5.91 Å².